The van der Waals surface area contributed by atoms with Crippen molar-refractivity contribution in [1.29, 1.82) is 0 Å². The lowest BCUT2D eigenvalue weighted by Crippen LogP contribution is -2.46. The van der Waals surface area contributed by atoms with Gasteiger partial charge in [-0.05, 0) is 34.6 Å². The van der Waals surface area contributed by atoms with E-state index in [4.69, 9.17) is 4.74 Å². The fourth-order valence-electron chi connectivity index (χ4n) is 4.09. The Balaban J connectivity index is 1.60. The first-order valence-electron chi connectivity index (χ1n) is 11.1. The molecule has 174 valence electrons. The van der Waals surface area contributed by atoms with Gasteiger partial charge in [-0.25, -0.2) is 9.59 Å². The number of fused-ring (bicyclic) bond motifs is 3. The molecule has 7 heteroatoms. The highest BCUT2D eigenvalue weighted by Gasteiger charge is 2.30. The number of hydrogen-bond donors (Lipinski definition) is 3. The number of rotatable bonds is 10. The minimum atomic E-state index is -1.13. The van der Waals surface area contributed by atoms with Crippen molar-refractivity contribution in [3.05, 3.63) is 72.3 Å². The van der Waals surface area contributed by atoms with Crippen LogP contribution in [0, 0.1) is 5.92 Å². The van der Waals surface area contributed by atoms with Crippen molar-refractivity contribution in [2.75, 3.05) is 6.61 Å². The van der Waals surface area contributed by atoms with Crippen molar-refractivity contribution < 1.29 is 24.2 Å². The van der Waals surface area contributed by atoms with Gasteiger partial charge in [0, 0.05) is 18.4 Å². The molecular weight excluding hydrogens is 420 g/mol. The third kappa shape index (κ3) is 5.80. The van der Waals surface area contributed by atoms with Crippen LogP contribution in [0.5, 0.6) is 0 Å². The predicted molar refractivity (Wildman–Crippen MR) is 126 cm³/mol. The normalized spacial score (nSPS) is 14.0. The average Bonchev–Trinajstić information content (AvgIpc) is 3.10. The van der Waals surface area contributed by atoms with Gasteiger partial charge in [-0.3, -0.25) is 4.79 Å². The van der Waals surface area contributed by atoms with Gasteiger partial charge in [0.05, 0.1) is 0 Å². The number of aliphatic carboxylic acids is 1. The Bertz CT molecular complexity index is 987. The van der Waals surface area contributed by atoms with Crippen LogP contribution < -0.4 is 10.6 Å². The highest BCUT2D eigenvalue weighted by atomic mass is 16.5. The number of benzene rings is 2. The lowest BCUT2D eigenvalue weighted by atomic mass is 9.98. The van der Waals surface area contributed by atoms with E-state index in [-0.39, 0.29) is 31.3 Å². The van der Waals surface area contributed by atoms with Crippen LogP contribution in [0.1, 0.15) is 43.7 Å². The molecule has 0 aliphatic heterocycles. The van der Waals surface area contributed by atoms with Crippen molar-refractivity contribution in [2.24, 2.45) is 5.92 Å². The molecule has 0 bridgehead atoms. The molecule has 0 heterocycles. The van der Waals surface area contributed by atoms with Crippen molar-refractivity contribution in [3.63, 3.8) is 0 Å². The Morgan fingerprint density at radius 2 is 1.61 bits per heavy atom. The van der Waals surface area contributed by atoms with E-state index in [9.17, 15) is 19.5 Å². The quantitative estimate of drug-likeness (QED) is 0.473. The molecule has 0 saturated heterocycles. The second-order valence-electron chi connectivity index (χ2n) is 8.51. The molecule has 1 unspecified atom stereocenters. The summed E-state index contributed by atoms with van der Waals surface area (Å²) in [6.45, 7) is 7.44. The van der Waals surface area contributed by atoms with Gasteiger partial charge in [-0.15, -0.1) is 6.58 Å². The fraction of sp³-hybridized carbons (Fsp3) is 0.346. The Morgan fingerprint density at radius 3 is 2.12 bits per heavy atom. The molecule has 0 aromatic heterocycles. The zero-order valence-electron chi connectivity index (χ0n) is 18.9. The number of alkyl carbamates (subject to hydrolysis) is 1. The summed E-state index contributed by atoms with van der Waals surface area (Å²) in [5.41, 5.74) is 4.53. The molecular formula is C26H30N2O5. The van der Waals surface area contributed by atoms with Crippen molar-refractivity contribution in [3.8, 4) is 11.1 Å². The molecule has 3 rings (SSSR count). The summed E-state index contributed by atoms with van der Waals surface area (Å²) in [6, 6.07) is 14.6. The summed E-state index contributed by atoms with van der Waals surface area (Å²) in [7, 11) is 0. The van der Waals surface area contributed by atoms with Gasteiger partial charge in [0.15, 0.2) is 0 Å². The third-order valence-corrected chi connectivity index (χ3v) is 5.89. The molecule has 0 fully saturated rings. The first kappa shape index (κ1) is 24.0. The molecule has 2 aromatic rings. The van der Waals surface area contributed by atoms with Gasteiger partial charge in [0.25, 0.3) is 0 Å². The Hall–Kier alpha value is -3.61. The first-order chi connectivity index (χ1) is 15.8. The second-order valence-corrected chi connectivity index (χ2v) is 8.51. The van der Waals surface area contributed by atoms with Crippen LogP contribution in [-0.4, -0.2) is 41.8 Å². The van der Waals surface area contributed by atoms with E-state index in [1.807, 2.05) is 50.2 Å². The fourth-order valence-corrected chi connectivity index (χ4v) is 4.09. The minimum Gasteiger partial charge on any atom is -0.480 e. The van der Waals surface area contributed by atoms with E-state index >= 15 is 0 Å². The maximum atomic E-state index is 12.6. The molecule has 0 radical (unpaired) electrons. The van der Waals surface area contributed by atoms with Crippen molar-refractivity contribution >= 4 is 18.0 Å². The Labute approximate surface area is 193 Å². The van der Waals surface area contributed by atoms with Crippen LogP contribution in [0.4, 0.5) is 4.79 Å². The molecule has 2 atom stereocenters. The topological polar surface area (TPSA) is 105 Å². The molecule has 1 aliphatic rings. The molecule has 2 aromatic carbocycles. The largest absolute Gasteiger partial charge is 0.480 e. The summed E-state index contributed by atoms with van der Waals surface area (Å²) in [5, 5.41) is 14.4. The molecule has 33 heavy (non-hydrogen) atoms. The van der Waals surface area contributed by atoms with Crippen LogP contribution in [0.25, 0.3) is 11.1 Å². The Morgan fingerprint density at radius 1 is 1.03 bits per heavy atom. The maximum Gasteiger partial charge on any atom is 0.407 e. The summed E-state index contributed by atoms with van der Waals surface area (Å²) in [5.74, 6) is -1.70. The summed E-state index contributed by atoms with van der Waals surface area (Å²) in [6.07, 6.45) is 0.897. The maximum absolute atomic E-state index is 12.6. The number of hydrogen-bond acceptors (Lipinski definition) is 4. The smallest absolute Gasteiger partial charge is 0.407 e. The van der Waals surface area contributed by atoms with Crippen LogP contribution in [0.15, 0.2) is 61.2 Å². The van der Waals surface area contributed by atoms with E-state index in [0.717, 1.165) is 22.3 Å². The monoisotopic (exact) mass is 450 g/mol. The van der Waals surface area contributed by atoms with E-state index in [0.29, 0.717) is 0 Å². The standard InChI is InChI=1S/C26H30N2O5/c1-4-9-22(25(30)31)27-24(29)14-23(16(2)3)28-26(32)33-15-21-19-12-7-5-10-17(19)18-11-6-8-13-20(18)21/h4-8,10-13,16,21-23H,1,9,14-15H2,2-3H3,(H,27,29)(H,28,32)(H,30,31)/t22?,23-/m1/s1. The van der Waals surface area contributed by atoms with Crippen LogP contribution in [0.3, 0.4) is 0 Å². The van der Waals surface area contributed by atoms with Gasteiger partial charge < -0.3 is 20.5 Å². The van der Waals surface area contributed by atoms with Crippen molar-refractivity contribution in [2.45, 2.75) is 44.7 Å². The lowest BCUT2D eigenvalue weighted by molar-refractivity contribution is -0.141. The van der Waals surface area contributed by atoms with E-state index in [2.05, 4.69) is 29.3 Å². The van der Waals surface area contributed by atoms with Gasteiger partial charge in [-0.1, -0.05) is 68.5 Å². The van der Waals surface area contributed by atoms with E-state index < -0.39 is 30.1 Å². The number of carbonyl (C=O) groups is 3. The SMILES string of the molecule is C=CCC(NC(=O)C[C@@H](NC(=O)OCC1c2ccccc2-c2ccccc21)C(C)C)C(=O)O. The number of carboxylic acid groups (broad SMARTS) is 1. The number of carboxylic acids is 1. The summed E-state index contributed by atoms with van der Waals surface area (Å²) >= 11 is 0. The lowest BCUT2D eigenvalue weighted by Gasteiger charge is -2.23. The molecule has 1 aliphatic carbocycles. The van der Waals surface area contributed by atoms with Crippen LogP contribution in [-0.2, 0) is 14.3 Å². The van der Waals surface area contributed by atoms with Gasteiger partial charge in [0.2, 0.25) is 5.91 Å². The molecule has 3 N–H and O–H groups in total. The second kappa shape index (κ2) is 10.8. The zero-order chi connectivity index (χ0) is 24.0. The highest BCUT2D eigenvalue weighted by Crippen LogP contribution is 2.44. The number of ether oxygens (including phenoxy) is 1. The predicted octanol–water partition coefficient (Wildman–Crippen LogP) is 4.09. The van der Waals surface area contributed by atoms with Gasteiger partial charge in [0.1, 0.15) is 12.6 Å². The zero-order valence-corrected chi connectivity index (χ0v) is 18.9. The Kier molecular flexibility index (Phi) is 7.87. The molecule has 0 spiro atoms. The number of carbonyl (C=O) groups excluding carboxylic acids is 2. The summed E-state index contributed by atoms with van der Waals surface area (Å²) < 4.78 is 5.57. The van der Waals surface area contributed by atoms with Gasteiger partial charge in [-0.2, -0.15) is 0 Å². The number of nitrogens with one attached hydrogen (secondary N) is 2. The molecule has 7 nitrogen and oxygen atoms in total. The van der Waals surface area contributed by atoms with Crippen LogP contribution in [0.2, 0.25) is 0 Å². The summed E-state index contributed by atoms with van der Waals surface area (Å²) in [4.78, 5) is 36.2. The van der Waals surface area contributed by atoms with Crippen molar-refractivity contribution in [1.82, 2.24) is 10.6 Å². The number of amides is 2. The highest BCUT2D eigenvalue weighted by molar-refractivity contribution is 5.84. The molecule has 2 amide bonds. The van der Waals surface area contributed by atoms with Gasteiger partial charge >= 0.3 is 12.1 Å². The van der Waals surface area contributed by atoms with Crippen LogP contribution >= 0.6 is 0 Å². The third-order valence-electron chi connectivity index (χ3n) is 5.89. The average molecular weight is 451 g/mol. The molecule has 0 saturated carbocycles. The van der Waals surface area contributed by atoms with E-state index in [1.54, 1.807) is 0 Å². The minimum absolute atomic E-state index is 0.0528. The first-order valence-corrected chi connectivity index (χ1v) is 11.1. The van der Waals surface area contributed by atoms with E-state index in [1.165, 1.54) is 6.08 Å².